The van der Waals surface area contributed by atoms with Crippen LogP contribution in [0.25, 0.3) is 0 Å². The molecule has 2 N–H and O–H groups in total. The van der Waals surface area contributed by atoms with E-state index < -0.39 is 5.91 Å². The molecule has 14 heavy (non-hydrogen) atoms. The predicted molar refractivity (Wildman–Crippen MR) is 56.1 cm³/mol. The van der Waals surface area contributed by atoms with E-state index in [1.165, 1.54) is 5.56 Å². The van der Waals surface area contributed by atoms with E-state index >= 15 is 0 Å². The van der Waals surface area contributed by atoms with Gasteiger partial charge < -0.3 is 10.6 Å². The number of amides is 1. The summed E-state index contributed by atoms with van der Waals surface area (Å²) >= 11 is 0. The van der Waals surface area contributed by atoms with Gasteiger partial charge in [0.1, 0.15) is 0 Å². The zero-order chi connectivity index (χ0) is 9.97. The van der Waals surface area contributed by atoms with E-state index in [2.05, 4.69) is 10.6 Å². The molecule has 1 aromatic carbocycles. The van der Waals surface area contributed by atoms with Crippen molar-refractivity contribution >= 4 is 17.3 Å². The first-order chi connectivity index (χ1) is 6.79. The van der Waals surface area contributed by atoms with Crippen LogP contribution >= 0.6 is 0 Å². The lowest BCUT2D eigenvalue weighted by Gasteiger charge is -2.03. The Hall–Kier alpha value is -1.95. The highest BCUT2D eigenvalue weighted by atomic mass is 16.1. The number of terminal acetylenes is 1. The van der Waals surface area contributed by atoms with Crippen molar-refractivity contribution in [3.63, 3.8) is 0 Å². The fraction of sp³-hybridized carbons (Fsp3) is 0.182. The van der Waals surface area contributed by atoms with Crippen LogP contribution in [0.15, 0.2) is 18.2 Å². The number of carbonyl (C=O) groups excluding carboxylic acids is 1. The van der Waals surface area contributed by atoms with Crippen molar-refractivity contribution in [2.24, 2.45) is 0 Å². The van der Waals surface area contributed by atoms with Crippen molar-refractivity contribution in [2.75, 3.05) is 17.2 Å². The number of hydrogen-bond donors (Lipinski definition) is 2. The highest BCUT2D eigenvalue weighted by molar-refractivity contribution is 6.03. The topological polar surface area (TPSA) is 41.1 Å². The predicted octanol–water partition coefficient (Wildman–Crippen LogP) is 1.23. The zero-order valence-corrected chi connectivity index (χ0v) is 7.63. The van der Waals surface area contributed by atoms with Crippen molar-refractivity contribution in [1.29, 1.82) is 0 Å². The Morgan fingerprint density at radius 1 is 1.57 bits per heavy atom. The summed E-state index contributed by atoms with van der Waals surface area (Å²) in [4.78, 5) is 10.9. The largest absolute Gasteiger partial charge is 0.384 e. The van der Waals surface area contributed by atoms with Crippen LogP contribution in [0.1, 0.15) is 5.56 Å². The number of nitrogens with one attached hydrogen (secondary N) is 2. The van der Waals surface area contributed by atoms with E-state index in [0.29, 0.717) is 0 Å². The maximum Gasteiger partial charge on any atom is 0.300 e. The van der Waals surface area contributed by atoms with Gasteiger partial charge in [-0.25, -0.2) is 0 Å². The molecule has 0 atom stereocenters. The Morgan fingerprint density at radius 3 is 3.21 bits per heavy atom. The van der Waals surface area contributed by atoms with Crippen LogP contribution in [0.3, 0.4) is 0 Å². The summed E-state index contributed by atoms with van der Waals surface area (Å²) in [6.45, 7) is 0.960. The number of hydrogen-bond acceptors (Lipinski definition) is 2. The molecule has 0 radical (unpaired) electrons. The fourth-order valence-electron chi connectivity index (χ4n) is 1.55. The molecule has 0 bridgehead atoms. The molecule has 70 valence electrons. The molecule has 0 spiro atoms. The van der Waals surface area contributed by atoms with Gasteiger partial charge in [-0.3, -0.25) is 4.79 Å². The van der Waals surface area contributed by atoms with E-state index in [9.17, 15) is 4.79 Å². The van der Waals surface area contributed by atoms with Gasteiger partial charge in [0.05, 0.1) is 0 Å². The molecule has 1 heterocycles. The fourth-order valence-corrected chi connectivity index (χ4v) is 1.55. The van der Waals surface area contributed by atoms with Crippen LogP contribution in [0.5, 0.6) is 0 Å². The van der Waals surface area contributed by atoms with E-state index in [1.807, 2.05) is 24.1 Å². The maximum atomic E-state index is 10.9. The Morgan fingerprint density at radius 2 is 2.43 bits per heavy atom. The van der Waals surface area contributed by atoms with Crippen molar-refractivity contribution in [3.05, 3.63) is 23.8 Å². The van der Waals surface area contributed by atoms with Crippen molar-refractivity contribution in [3.8, 4) is 12.3 Å². The van der Waals surface area contributed by atoms with Gasteiger partial charge in [-0.1, -0.05) is 0 Å². The summed E-state index contributed by atoms with van der Waals surface area (Å²) in [6.07, 6.45) is 5.95. The molecule has 1 amide bonds. The molecule has 0 saturated heterocycles. The second-order valence-corrected chi connectivity index (χ2v) is 3.15. The van der Waals surface area contributed by atoms with E-state index in [4.69, 9.17) is 6.42 Å². The lowest BCUT2D eigenvalue weighted by Crippen LogP contribution is -2.07. The zero-order valence-electron chi connectivity index (χ0n) is 7.63. The summed E-state index contributed by atoms with van der Waals surface area (Å²) in [5.74, 6) is 1.61. The molecular weight excluding hydrogens is 176 g/mol. The minimum atomic E-state index is -0.407. The molecule has 1 aliphatic rings. The van der Waals surface area contributed by atoms with Crippen LogP contribution < -0.4 is 10.6 Å². The monoisotopic (exact) mass is 186 g/mol. The third-order valence-electron chi connectivity index (χ3n) is 2.20. The first kappa shape index (κ1) is 8.64. The lowest BCUT2D eigenvalue weighted by atomic mass is 10.1. The van der Waals surface area contributed by atoms with Crippen LogP contribution in [0, 0.1) is 12.3 Å². The average Bonchev–Trinajstić information content (AvgIpc) is 2.64. The molecule has 0 aromatic heterocycles. The summed E-state index contributed by atoms with van der Waals surface area (Å²) < 4.78 is 0. The maximum absolute atomic E-state index is 10.9. The Bertz CT molecular complexity index is 418. The quantitative estimate of drug-likeness (QED) is 0.647. The van der Waals surface area contributed by atoms with Gasteiger partial charge in [0, 0.05) is 17.9 Å². The molecule has 3 heteroatoms. The van der Waals surface area contributed by atoms with Gasteiger partial charge in [-0.2, -0.15) is 0 Å². The van der Waals surface area contributed by atoms with Crippen LogP contribution in [0.4, 0.5) is 11.4 Å². The molecule has 0 unspecified atom stereocenters. The van der Waals surface area contributed by atoms with Crippen LogP contribution in [-0.2, 0) is 11.2 Å². The minimum Gasteiger partial charge on any atom is -0.384 e. The molecule has 1 aromatic rings. The third kappa shape index (κ3) is 1.55. The number of rotatable bonds is 1. The standard InChI is InChI=1S/C11H10N2O/c1-2-11(14)13-9-3-4-10-8(7-9)5-6-12-10/h1,3-4,7,12H,5-6H2,(H,13,14). The summed E-state index contributed by atoms with van der Waals surface area (Å²) in [5, 5.41) is 5.86. The van der Waals surface area contributed by atoms with Gasteiger partial charge in [-0.15, -0.1) is 6.42 Å². The van der Waals surface area contributed by atoms with E-state index in [-0.39, 0.29) is 0 Å². The van der Waals surface area contributed by atoms with E-state index in [1.54, 1.807) is 0 Å². The number of fused-ring (bicyclic) bond motifs is 1. The van der Waals surface area contributed by atoms with E-state index in [0.717, 1.165) is 24.3 Å². The first-order valence-corrected chi connectivity index (χ1v) is 4.44. The third-order valence-corrected chi connectivity index (χ3v) is 2.20. The molecular formula is C11H10N2O. The van der Waals surface area contributed by atoms with Crippen molar-refractivity contribution < 1.29 is 4.79 Å². The van der Waals surface area contributed by atoms with Gasteiger partial charge in [-0.05, 0) is 36.1 Å². The Labute approximate surface area is 82.5 Å². The lowest BCUT2D eigenvalue weighted by molar-refractivity contribution is -0.111. The van der Waals surface area contributed by atoms with Gasteiger partial charge in [0.25, 0.3) is 5.91 Å². The number of anilines is 2. The smallest absolute Gasteiger partial charge is 0.300 e. The van der Waals surface area contributed by atoms with Crippen LogP contribution in [-0.4, -0.2) is 12.5 Å². The summed E-state index contributed by atoms with van der Waals surface area (Å²) in [5.41, 5.74) is 3.12. The highest BCUT2D eigenvalue weighted by Gasteiger charge is 2.10. The second kappa shape index (κ2) is 3.43. The second-order valence-electron chi connectivity index (χ2n) is 3.15. The SMILES string of the molecule is C#CC(=O)Nc1ccc2c(c1)CCN2. The van der Waals surface area contributed by atoms with Gasteiger partial charge in [0.15, 0.2) is 0 Å². The molecule has 0 aliphatic carbocycles. The van der Waals surface area contributed by atoms with Crippen molar-refractivity contribution in [2.45, 2.75) is 6.42 Å². The average molecular weight is 186 g/mol. The highest BCUT2D eigenvalue weighted by Crippen LogP contribution is 2.25. The minimum absolute atomic E-state index is 0.407. The summed E-state index contributed by atoms with van der Waals surface area (Å²) in [7, 11) is 0. The van der Waals surface area contributed by atoms with Gasteiger partial charge in [0.2, 0.25) is 0 Å². The number of carbonyl (C=O) groups is 1. The number of benzene rings is 1. The molecule has 2 rings (SSSR count). The van der Waals surface area contributed by atoms with Gasteiger partial charge >= 0.3 is 0 Å². The normalized spacial score (nSPS) is 12.5. The molecule has 0 saturated carbocycles. The van der Waals surface area contributed by atoms with Crippen molar-refractivity contribution in [1.82, 2.24) is 0 Å². The summed E-state index contributed by atoms with van der Waals surface area (Å²) in [6, 6.07) is 5.74. The first-order valence-electron chi connectivity index (χ1n) is 4.44. The Balaban J connectivity index is 2.21. The molecule has 3 nitrogen and oxygen atoms in total. The molecule has 1 aliphatic heterocycles. The van der Waals surface area contributed by atoms with Crippen LogP contribution in [0.2, 0.25) is 0 Å². The Kier molecular flexibility index (Phi) is 2.11. The molecule has 0 fully saturated rings.